The number of benzene rings is 1. The minimum Gasteiger partial charge on any atom is -0.339 e. The van der Waals surface area contributed by atoms with E-state index in [0.29, 0.717) is 50.6 Å². The van der Waals surface area contributed by atoms with Gasteiger partial charge in [0, 0.05) is 37.2 Å². The maximum Gasteiger partial charge on any atom is 0.317 e. The van der Waals surface area contributed by atoms with Gasteiger partial charge in [-0.3, -0.25) is 4.79 Å². The molecule has 4 bridgehead atoms. The first kappa shape index (κ1) is 21.2. The average Bonchev–Trinajstić information content (AvgIpc) is 2.75. The summed E-state index contributed by atoms with van der Waals surface area (Å²) in [5.41, 5.74) is 0.480. The van der Waals surface area contributed by atoms with Gasteiger partial charge < -0.3 is 15.1 Å². The van der Waals surface area contributed by atoms with E-state index in [2.05, 4.69) is 21.2 Å². The van der Waals surface area contributed by atoms with Gasteiger partial charge >= 0.3 is 6.03 Å². The summed E-state index contributed by atoms with van der Waals surface area (Å²) in [6.45, 7) is 2.76. The Balaban J connectivity index is 1.11. The van der Waals surface area contributed by atoms with Crippen LogP contribution >= 0.6 is 15.9 Å². The molecule has 0 unspecified atom stereocenters. The first-order chi connectivity index (χ1) is 14.9. The molecule has 0 spiro atoms. The van der Waals surface area contributed by atoms with Crippen LogP contribution in [0.1, 0.15) is 44.1 Å². The molecule has 1 aromatic rings. The predicted molar refractivity (Wildman–Crippen MR) is 120 cm³/mol. The van der Waals surface area contributed by atoms with Crippen LogP contribution in [-0.2, 0) is 11.2 Å². The van der Waals surface area contributed by atoms with Crippen molar-refractivity contribution < 1.29 is 14.0 Å². The third-order valence-corrected chi connectivity index (χ3v) is 8.52. The fourth-order valence-corrected chi connectivity index (χ4v) is 7.38. The van der Waals surface area contributed by atoms with Crippen LogP contribution in [-0.4, -0.2) is 54.5 Å². The van der Waals surface area contributed by atoms with E-state index in [4.69, 9.17) is 0 Å². The van der Waals surface area contributed by atoms with Crippen molar-refractivity contribution in [2.45, 2.75) is 44.9 Å². The van der Waals surface area contributed by atoms with Gasteiger partial charge in [-0.1, -0.05) is 15.9 Å². The molecule has 168 valence electrons. The first-order valence-electron chi connectivity index (χ1n) is 11.7. The Morgan fingerprint density at radius 3 is 2.19 bits per heavy atom. The molecule has 5 fully saturated rings. The molecule has 3 amide bonds. The maximum absolute atomic E-state index is 13.9. The zero-order valence-corrected chi connectivity index (χ0v) is 19.5. The Bertz CT molecular complexity index is 833. The van der Waals surface area contributed by atoms with Gasteiger partial charge in [0.25, 0.3) is 0 Å². The summed E-state index contributed by atoms with van der Waals surface area (Å²) in [6, 6.07) is 4.72. The third kappa shape index (κ3) is 4.22. The summed E-state index contributed by atoms with van der Waals surface area (Å²) in [7, 11) is 0. The van der Waals surface area contributed by atoms with Crippen molar-refractivity contribution in [3.8, 4) is 0 Å². The Labute approximate surface area is 191 Å². The van der Waals surface area contributed by atoms with Crippen LogP contribution in [0.2, 0.25) is 0 Å². The van der Waals surface area contributed by atoms with Gasteiger partial charge in [0.2, 0.25) is 5.91 Å². The zero-order valence-electron chi connectivity index (χ0n) is 17.9. The van der Waals surface area contributed by atoms with Crippen LogP contribution in [0.3, 0.4) is 0 Å². The number of rotatable bonds is 4. The summed E-state index contributed by atoms with van der Waals surface area (Å²) in [6.07, 6.45) is 7.72. The number of halogens is 2. The number of hydrogen-bond donors (Lipinski definition) is 1. The predicted octanol–water partition coefficient (Wildman–Crippen LogP) is 4.20. The van der Waals surface area contributed by atoms with Crippen LogP contribution in [0.5, 0.6) is 0 Å². The van der Waals surface area contributed by atoms with Crippen molar-refractivity contribution in [2.24, 2.45) is 23.2 Å². The molecule has 1 aromatic carbocycles. The number of carbonyl (C=O) groups excluding carboxylic acids is 2. The van der Waals surface area contributed by atoms with E-state index in [1.54, 1.807) is 17.0 Å². The quantitative estimate of drug-likeness (QED) is 0.685. The van der Waals surface area contributed by atoms with Crippen LogP contribution in [0, 0.1) is 29.0 Å². The molecule has 1 N–H and O–H groups in total. The lowest BCUT2D eigenvalue weighted by Gasteiger charge is -2.57. The van der Waals surface area contributed by atoms with Gasteiger partial charge in [0.1, 0.15) is 5.82 Å². The number of urea groups is 1. The number of hydrogen-bond acceptors (Lipinski definition) is 2. The summed E-state index contributed by atoms with van der Waals surface area (Å²) >= 11 is 3.35. The van der Waals surface area contributed by atoms with Gasteiger partial charge in [-0.25, -0.2) is 9.18 Å². The van der Waals surface area contributed by atoms with Gasteiger partial charge in [-0.2, -0.15) is 0 Å². The van der Waals surface area contributed by atoms with Crippen molar-refractivity contribution in [2.75, 3.05) is 32.7 Å². The summed E-state index contributed by atoms with van der Waals surface area (Å²) in [5, 5.41) is 2.90. The average molecular weight is 492 g/mol. The smallest absolute Gasteiger partial charge is 0.317 e. The number of carbonyl (C=O) groups is 2. The van der Waals surface area contributed by atoms with E-state index in [1.807, 2.05) is 4.90 Å². The highest BCUT2D eigenvalue weighted by atomic mass is 79.9. The molecule has 1 heterocycles. The van der Waals surface area contributed by atoms with E-state index < -0.39 is 0 Å². The Kier molecular flexibility index (Phi) is 5.74. The summed E-state index contributed by atoms with van der Waals surface area (Å²) in [5.74, 6) is 2.39. The lowest BCUT2D eigenvalue weighted by Crippen LogP contribution is -2.59. The molecule has 0 radical (unpaired) electrons. The molecule has 0 aromatic heterocycles. The first-order valence-corrected chi connectivity index (χ1v) is 12.5. The van der Waals surface area contributed by atoms with Crippen LogP contribution in [0.25, 0.3) is 0 Å². The number of nitrogens with one attached hydrogen (secondary N) is 1. The number of piperazine rings is 1. The van der Waals surface area contributed by atoms with Crippen molar-refractivity contribution >= 4 is 27.9 Å². The number of nitrogens with zero attached hydrogens (tertiary/aromatic N) is 2. The van der Waals surface area contributed by atoms with Crippen LogP contribution < -0.4 is 5.32 Å². The van der Waals surface area contributed by atoms with E-state index in [1.165, 1.54) is 25.3 Å². The highest BCUT2D eigenvalue weighted by molar-refractivity contribution is 9.10. The van der Waals surface area contributed by atoms with E-state index in [0.717, 1.165) is 41.5 Å². The third-order valence-electron chi connectivity index (χ3n) is 8.02. The molecular formula is C24H31BrFN3O2. The molecule has 1 aliphatic heterocycles. The Hall–Kier alpha value is -1.63. The van der Waals surface area contributed by atoms with E-state index in [-0.39, 0.29) is 17.3 Å². The van der Waals surface area contributed by atoms with Gasteiger partial charge in [0.15, 0.2) is 0 Å². The second kappa shape index (κ2) is 8.38. The van der Waals surface area contributed by atoms with Crippen LogP contribution in [0.15, 0.2) is 22.7 Å². The highest BCUT2D eigenvalue weighted by Gasteiger charge is 2.55. The Morgan fingerprint density at radius 1 is 1.00 bits per heavy atom. The van der Waals surface area contributed by atoms with E-state index >= 15 is 0 Å². The van der Waals surface area contributed by atoms with Crippen molar-refractivity contribution in [3.63, 3.8) is 0 Å². The minimum absolute atomic E-state index is 0.104. The largest absolute Gasteiger partial charge is 0.339 e. The molecule has 31 heavy (non-hydrogen) atoms. The molecule has 5 aliphatic rings. The second-order valence-corrected chi connectivity index (χ2v) is 11.1. The molecule has 4 saturated carbocycles. The van der Waals surface area contributed by atoms with Crippen LogP contribution in [0.4, 0.5) is 9.18 Å². The van der Waals surface area contributed by atoms with Gasteiger partial charge in [-0.05, 0) is 86.5 Å². The summed E-state index contributed by atoms with van der Waals surface area (Å²) in [4.78, 5) is 29.8. The zero-order chi connectivity index (χ0) is 21.6. The molecule has 6 rings (SSSR count). The molecular weight excluding hydrogens is 461 g/mol. The lowest BCUT2D eigenvalue weighted by molar-refractivity contribution is -0.159. The number of amides is 3. The fourth-order valence-electron chi connectivity index (χ4n) is 6.97. The lowest BCUT2D eigenvalue weighted by atomic mass is 9.49. The normalized spacial score (nSPS) is 31.7. The monoisotopic (exact) mass is 491 g/mol. The molecule has 1 saturated heterocycles. The van der Waals surface area contributed by atoms with Gasteiger partial charge in [-0.15, -0.1) is 0 Å². The minimum atomic E-state index is -0.255. The summed E-state index contributed by atoms with van der Waals surface area (Å²) < 4.78 is 14.7. The topological polar surface area (TPSA) is 52.7 Å². The Morgan fingerprint density at radius 2 is 1.58 bits per heavy atom. The highest BCUT2D eigenvalue weighted by Crippen LogP contribution is 2.60. The molecule has 4 aliphatic carbocycles. The fraction of sp³-hybridized carbons (Fsp3) is 0.667. The molecule has 0 atom stereocenters. The van der Waals surface area contributed by atoms with Crippen molar-refractivity contribution in [1.29, 1.82) is 0 Å². The molecule has 5 nitrogen and oxygen atoms in total. The maximum atomic E-state index is 13.9. The van der Waals surface area contributed by atoms with Crippen molar-refractivity contribution in [1.82, 2.24) is 15.1 Å². The standard InChI is InChI=1S/C24H31BrFN3O2/c25-20-1-2-21(26)19(12-20)3-4-27-23(31)29-7-5-28(6-8-29)22(30)24-13-16-9-17(14-24)11-18(10-16)15-24/h1-2,12,16-18H,3-11,13-15H2,(H,27,31). The SMILES string of the molecule is O=C(NCCc1cc(Br)ccc1F)N1CCN(C(=O)C23CC4CC(CC(C4)C2)C3)CC1. The van der Waals surface area contributed by atoms with E-state index in [9.17, 15) is 14.0 Å². The van der Waals surface area contributed by atoms with Gasteiger partial charge in [0.05, 0.1) is 5.41 Å². The van der Waals surface area contributed by atoms with Crippen molar-refractivity contribution in [3.05, 3.63) is 34.1 Å². The molecule has 7 heteroatoms. The second-order valence-electron chi connectivity index (χ2n) is 10.2.